The summed E-state index contributed by atoms with van der Waals surface area (Å²) in [5.74, 6) is 0.0944. The molecule has 18 heavy (non-hydrogen) atoms. The van der Waals surface area contributed by atoms with E-state index < -0.39 is 0 Å². The SMILES string of the molecule is CCN(CC)C[C@H](C)C(=O)Nc1ccc(C)cc1. The number of benzene rings is 1. The smallest absolute Gasteiger partial charge is 0.228 e. The maximum Gasteiger partial charge on any atom is 0.228 e. The van der Waals surface area contributed by atoms with E-state index in [1.54, 1.807) is 0 Å². The summed E-state index contributed by atoms with van der Waals surface area (Å²) in [7, 11) is 0. The van der Waals surface area contributed by atoms with Crippen LogP contribution in [0.5, 0.6) is 0 Å². The first-order chi connectivity index (χ1) is 8.56. The molecule has 1 rings (SSSR count). The molecule has 0 radical (unpaired) electrons. The molecule has 1 atom stereocenters. The number of nitrogens with zero attached hydrogens (tertiary/aromatic N) is 1. The van der Waals surface area contributed by atoms with Crippen molar-refractivity contribution in [1.29, 1.82) is 0 Å². The third-order valence-electron chi connectivity index (χ3n) is 3.19. The van der Waals surface area contributed by atoms with Crippen LogP contribution in [0.1, 0.15) is 26.3 Å². The highest BCUT2D eigenvalue weighted by atomic mass is 16.1. The second-order valence-corrected chi connectivity index (χ2v) is 4.74. The van der Waals surface area contributed by atoms with Crippen molar-refractivity contribution < 1.29 is 4.79 Å². The highest BCUT2D eigenvalue weighted by Crippen LogP contribution is 2.11. The van der Waals surface area contributed by atoms with Crippen LogP contribution in [-0.2, 0) is 4.79 Å². The van der Waals surface area contributed by atoms with Crippen molar-refractivity contribution in [3.05, 3.63) is 29.8 Å². The molecular formula is C15H24N2O. The molecule has 0 saturated heterocycles. The van der Waals surface area contributed by atoms with Crippen LogP contribution < -0.4 is 5.32 Å². The van der Waals surface area contributed by atoms with Gasteiger partial charge in [-0.2, -0.15) is 0 Å². The Balaban J connectivity index is 2.51. The highest BCUT2D eigenvalue weighted by molar-refractivity contribution is 5.92. The van der Waals surface area contributed by atoms with Crippen molar-refractivity contribution in [1.82, 2.24) is 4.90 Å². The van der Waals surface area contributed by atoms with Crippen LogP contribution in [0.4, 0.5) is 5.69 Å². The lowest BCUT2D eigenvalue weighted by Crippen LogP contribution is -2.34. The minimum atomic E-state index is 0.00574. The molecule has 0 fully saturated rings. The molecule has 0 aromatic heterocycles. The van der Waals surface area contributed by atoms with E-state index in [2.05, 4.69) is 24.1 Å². The Morgan fingerprint density at radius 3 is 2.28 bits per heavy atom. The van der Waals surface area contributed by atoms with Gasteiger partial charge in [0, 0.05) is 18.2 Å². The van der Waals surface area contributed by atoms with Crippen molar-refractivity contribution in [3.63, 3.8) is 0 Å². The topological polar surface area (TPSA) is 32.3 Å². The molecule has 100 valence electrons. The molecule has 1 N–H and O–H groups in total. The van der Waals surface area contributed by atoms with E-state index in [-0.39, 0.29) is 11.8 Å². The van der Waals surface area contributed by atoms with Crippen LogP contribution in [0.15, 0.2) is 24.3 Å². The number of aryl methyl sites for hydroxylation is 1. The number of hydrogen-bond donors (Lipinski definition) is 1. The molecule has 0 aliphatic heterocycles. The normalized spacial score (nSPS) is 12.5. The Bertz CT molecular complexity index is 369. The van der Waals surface area contributed by atoms with Gasteiger partial charge < -0.3 is 10.2 Å². The predicted molar refractivity (Wildman–Crippen MR) is 76.8 cm³/mol. The first-order valence-electron chi connectivity index (χ1n) is 6.66. The van der Waals surface area contributed by atoms with Crippen LogP contribution in [0.25, 0.3) is 0 Å². The van der Waals surface area contributed by atoms with E-state index >= 15 is 0 Å². The van der Waals surface area contributed by atoms with Crippen molar-refractivity contribution >= 4 is 11.6 Å². The fourth-order valence-electron chi connectivity index (χ4n) is 1.85. The number of nitrogens with one attached hydrogen (secondary N) is 1. The summed E-state index contributed by atoms with van der Waals surface area (Å²) in [6.07, 6.45) is 0. The third kappa shape index (κ3) is 4.49. The summed E-state index contributed by atoms with van der Waals surface area (Å²) >= 11 is 0. The molecule has 3 nitrogen and oxygen atoms in total. The number of hydrogen-bond acceptors (Lipinski definition) is 2. The standard InChI is InChI=1S/C15H24N2O/c1-5-17(6-2)11-13(4)15(18)16-14-9-7-12(3)8-10-14/h7-10,13H,5-6,11H2,1-4H3,(H,16,18)/t13-/m0/s1. The van der Waals surface area contributed by atoms with Gasteiger partial charge in [0.15, 0.2) is 0 Å². The quantitative estimate of drug-likeness (QED) is 0.839. The molecule has 1 amide bonds. The van der Waals surface area contributed by atoms with Gasteiger partial charge in [0.05, 0.1) is 0 Å². The van der Waals surface area contributed by atoms with Crippen LogP contribution in [0.3, 0.4) is 0 Å². The van der Waals surface area contributed by atoms with E-state index in [1.165, 1.54) is 5.56 Å². The van der Waals surface area contributed by atoms with E-state index in [9.17, 15) is 4.79 Å². The van der Waals surface area contributed by atoms with Crippen molar-refractivity contribution in [2.45, 2.75) is 27.7 Å². The van der Waals surface area contributed by atoms with Gasteiger partial charge >= 0.3 is 0 Å². The minimum Gasteiger partial charge on any atom is -0.326 e. The average molecular weight is 248 g/mol. The fraction of sp³-hybridized carbons (Fsp3) is 0.533. The molecule has 0 unspecified atom stereocenters. The van der Waals surface area contributed by atoms with Crippen LogP contribution >= 0.6 is 0 Å². The largest absolute Gasteiger partial charge is 0.326 e. The van der Waals surface area contributed by atoms with E-state index in [4.69, 9.17) is 0 Å². The molecule has 0 heterocycles. The number of carbonyl (C=O) groups is 1. The molecule has 1 aromatic rings. The molecule has 0 aliphatic carbocycles. The lowest BCUT2D eigenvalue weighted by molar-refractivity contribution is -0.119. The van der Waals surface area contributed by atoms with Gasteiger partial charge in [-0.1, -0.05) is 38.5 Å². The van der Waals surface area contributed by atoms with Gasteiger partial charge in [-0.15, -0.1) is 0 Å². The van der Waals surface area contributed by atoms with Crippen LogP contribution in [-0.4, -0.2) is 30.4 Å². The summed E-state index contributed by atoms with van der Waals surface area (Å²) in [5.41, 5.74) is 2.07. The Labute approximate surface area is 110 Å². The molecular weight excluding hydrogens is 224 g/mol. The van der Waals surface area contributed by atoms with Gasteiger partial charge in [-0.25, -0.2) is 0 Å². The van der Waals surface area contributed by atoms with Crippen molar-refractivity contribution in [2.24, 2.45) is 5.92 Å². The first kappa shape index (κ1) is 14.7. The monoisotopic (exact) mass is 248 g/mol. The Morgan fingerprint density at radius 2 is 1.78 bits per heavy atom. The summed E-state index contributed by atoms with van der Waals surface area (Å²) < 4.78 is 0. The zero-order chi connectivity index (χ0) is 13.5. The number of amides is 1. The van der Waals surface area contributed by atoms with Crippen molar-refractivity contribution in [3.8, 4) is 0 Å². The van der Waals surface area contributed by atoms with Gasteiger partial charge in [-0.05, 0) is 32.1 Å². The molecule has 1 aromatic carbocycles. The van der Waals surface area contributed by atoms with Crippen LogP contribution in [0, 0.1) is 12.8 Å². The summed E-state index contributed by atoms with van der Waals surface area (Å²) in [6.45, 7) is 11.0. The lowest BCUT2D eigenvalue weighted by atomic mass is 10.1. The Hall–Kier alpha value is -1.35. The van der Waals surface area contributed by atoms with Gasteiger partial charge in [0.1, 0.15) is 0 Å². The summed E-state index contributed by atoms with van der Waals surface area (Å²) in [4.78, 5) is 14.3. The molecule has 0 spiro atoms. The van der Waals surface area contributed by atoms with E-state index in [0.29, 0.717) is 0 Å². The molecule has 0 saturated carbocycles. The maximum absolute atomic E-state index is 12.0. The summed E-state index contributed by atoms with van der Waals surface area (Å²) in [5, 5.41) is 2.96. The second-order valence-electron chi connectivity index (χ2n) is 4.74. The predicted octanol–water partition coefficient (Wildman–Crippen LogP) is 2.91. The number of carbonyl (C=O) groups excluding carboxylic acids is 1. The second kappa shape index (κ2) is 7.17. The van der Waals surface area contributed by atoms with Gasteiger partial charge in [0.2, 0.25) is 5.91 Å². The lowest BCUT2D eigenvalue weighted by Gasteiger charge is -2.22. The molecule has 3 heteroatoms. The number of anilines is 1. The zero-order valence-corrected chi connectivity index (χ0v) is 11.9. The van der Waals surface area contributed by atoms with Crippen molar-refractivity contribution in [2.75, 3.05) is 25.0 Å². The Kier molecular flexibility index (Phi) is 5.86. The average Bonchev–Trinajstić information content (AvgIpc) is 2.38. The fourth-order valence-corrected chi connectivity index (χ4v) is 1.85. The number of rotatable bonds is 6. The minimum absolute atomic E-state index is 0.00574. The third-order valence-corrected chi connectivity index (χ3v) is 3.19. The molecule has 0 aliphatic rings. The first-order valence-corrected chi connectivity index (χ1v) is 6.66. The van der Waals surface area contributed by atoms with Crippen LogP contribution in [0.2, 0.25) is 0 Å². The summed E-state index contributed by atoms with van der Waals surface area (Å²) in [6, 6.07) is 7.89. The van der Waals surface area contributed by atoms with Gasteiger partial charge in [0.25, 0.3) is 0 Å². The molecule has 0 bridgehead atoms. The van der Waals surface area contributed by atoms with Gasteiger partial charge in [-0.3, -0.25) is 4.79 Å². The maximum atomic E-state index is 12.0. The van der Waals surface area contributed by atoms with E-state index in [1.807, 2.05) is 38.1 Å². The highest BCUT2D eigenvalue weighted by Gasteiger charge is 2.15. The zero-order valence-electron chi connectivity index (χ0n) is 11.9. The Morgan fingerprint density at radius 1 is 1.22 bits per heavy atom. The van der Waals surface area contributed by atoms with E-state index in [0.717, 1.165) is 25.3 Å².